The summed E-state index contributed by atoms with van der Waals surface area (Å²) in [6.07, 6.45) is 0.301. The molecule has 0 N–H and O–H groups in total. The molecular formula is C25H31ClN2O5. The zero-order chi connectivity index (χ0) is 24.0. The van der Waals surface area contributed by atoms with Crippen molar-refractivity contribution >= 4 is 23.4 Å². The first-order chi connectivity index (χ1) is 15.8. The molecule has 33 heavy (non-hydrogen) atoms. The number of halogens is 1. The molecule has 0 aliphatic carbocycles. The molecule has 2 aromatic rings. The van der Waals surface area contributed by atoms with Crippen LogP contribution in [0.4, 0.5) is 0 Å². The van der Waals surface area contributed by atoms with Crippen molar-refractivity contribution in [1.82, 2.24) is 9.80 Å². The number of nitrogens with zero attached hydrogens (tertiary/aromatic N) is 2. The van der Waals surface area contributed by atoms with Gasteiger partial charge in [0.1, 0.15) is 5.75 Å². The van der Waals surface area contributed by atoms with E-state index in [0.717, 1.165) is 11.3 Å². The van der Waals surface area contributed by atoms with Gasteiger partial charge in [0.05, 0.1) is 32.3 Å². The van der Waals surface area contributed by atoms with Crippen LogP contribution in [-0.4, -0.2) is 68.6 Å². The third kappa shape index (κ3) is 6.32. The van der Waals surface area contributed by atoms with E-state index in [0.29, 0.717) is 67.2 Å². The van der Waals surface area contributed by atoms with Gasteiger partial charge in [-0.1, -0.05) is 37.6 Å². The first kappa shape index (κ1) is 24.7. The summed E-state index contributed by atoms with van der Waals surface area (Å²) in [5, 5.41) is 0.338. The van der Waals surface area contributed by atoms with Crippen molar-refractivity contribution in [2.75, 3.05) is 47.0 Å². The number of hydrogen-bond donors (Lipinski definition) is 0. The fourth-order valence-corrected chi connectivity index (χ4v) is 3.91. The Labute approximate surface area is 200 Å². The highest BCUT2D eigenvalue weighted by atomic mass is 35.5. The van der Waals surface area contributed by atoms with Gasteiger partial charge in [0.25, 0.3) is 5.91 Å². The predicted molar refractivity (Wildman–Crippen MR) is 128 cm³/mol. The van der Waals surface area contributed by atoms with Crippen molar-refractivity contribution in [3.05, 3.63) is 52.5 Å². The van der Waals surface area contributed by atoms with Crippen LogP contribution in [0.2, 0.25) is 5.02 Å². The van der Waals surface area contributed by atoms with Crippen LogP contribution >= 0.6 is 11.6 Å². The minimum Gasteiger partial charge on any atom is -0.497 e. The number of hydrogen-bond acceptors (Lipinski definition) is 5. The Balaban J connectivity index is 1.61. The first-order valence-corrected chi connectivity index (χ1v) is 11.4. The Kier molecular flexibility index (Phi) is 8.44. The molecule has 1 aliphatic heterocycles. The van der Waals surface area contributed by atoms with Crippen LogP contribution in [0, 0.1) is 5.92 Å². The van der Waals surface area contributed by atoms with Gasteiger partial charge in [-0.05, 0) is 35.7 Å². The Hall–Kier alpha value is -2.93. The quantitative estimate of drug-likeness (QED) is 0.580. The third-order valence-electron chi connectivity index (χ3n) is 5.45. The molecule has 1 aliphatic rings. The van der Waals surface area contributed by atoms with Crippen molar-refractivity contribution in [3.63, 3.8) is 0 Å². The fraction of sp³-hybridized carbons (Fsp3) is 0.440. The molecule has 3 rings (SSSR count). The number of carbonyl (C=O) groups excluding carboxylic acids is 2. The highest BCUT2D eigenvalue weighted by Crippen LogP contribution is 2.37. The SMILES string of the molecule is COc1cccc(CC(=O)N2CCN(C(=O)c3cc(Cl)c(OCC(C)C)c(OC)c3)CC2)c1. The third-order valence-corrected chi connectivity index (χ3v) is 5.73. The van der Waals surface area contributed by atoms with Crippen molar-refractivity contribution in [3.8, 4) is 17.2 Å². The number of ether oxygens (including phenoxy) is 3. The molecule has 0 aromatic heterocycles. The lowest BCUT2D eigenvalue weighted by atomic mass is 10.1. The number of amides is 2. The maximum atomic E-state index is 13.1. The molecule has 1 heterocycles. The minimum absolute atomic E-state index is 0.0340. The second-order valence-corrected chi connectivity index (χ2v) is 8.80. The highest BCUT2D eigenvalue weighted by molar-refractivity contribution is 6.32. The topological polar surface area (TPSA) is 68.3 Å². The van der Waals surface area contributed by atoms with E-state index in [1.807, 2.05) is 38.1 Å². The summed E-state index contributed by atoms with van der Waals surface area (Å²) in [5.41, 5.74) is 1.34. The van der Waals surface area contributed by atoms with Crippen LogP contribution in [0.1, 0.15) is 29.8 Å². The lowest BCUT2D eigenvalue weighted by Crippen LogP contribution is -2.51. The molecule has 0 spiro atoms. The van der Waals surface area contributed by atoms with Crippen LogP contribution < -0.4 is 14.2 Å². The van der Waals surface area contributed by atoms with E-state index in [1.165, 1.54) is 7.11 Å². The number of rotatable bonds is 8. The maximum Gasteiger partial charge on any atom is 0.254 e. The Morgan fingerprint density at radius 3 is 2.33 bits per heavy atom. The highest BCUT2D eigenvalue weighted by Gasteiger charge is 2.26. The number of benzene rings is 2. The lowest BCUT2D eigenvalue weighted by molar-refractivity contribution is -0.131. The average molecular weight is 475 g/mol. The monoisotopic (exact) mass is 474 g/mol. The van der Waals surface area contributed by atoms with Gasteiger partial charge in [0.15, 0.2) is 11.5 Å². The molecule has 2 aromatic carbocycles. The summed E-state index contributed by atoms with van der Waals surface area (Å²) in [6.45, 7) is 6.44. The Bertz CT molecular complexity index is 987. The fourth-order valence-electron chi connectivity index (χ4n) is 3.64. The zero-order valence-corrected chi connectivity index (χ0v) is 20.4. The standard InChI is InChI=1S/C25H31ClN2O5/c1-17(2)16-33-24-21(26)14-19(15-22(24)32-4)25(30)28-10-8-27(9-11-28)23(29)13-18-6-5-7-20(12-18)31-3/h5-7,12,14-15,17H,8-11,13,16H2,1-4H3. The summed E-state index contributed by atoms with van der Waals surface area (Å²) in [4.78, 5) is 29.3. The molecule has 1 saturated heterocycles. The van der Waals surface area contributed by atoms with E-state index in [9.17, 15) is 9.59 Å². The number of carbonyl (C=O) groups is 2. The maximum absolute atomic E-state index is 13.1. The summed E-state index contributed by atoms with van der Waals surface area (Å²) < 4.78 is 16.4. The van der Waals surface area contributed by atoms with E-state index in [2.05, 4.69) is 0 Å². The van der Waals surface area contributed by atoms with E-state index in [4.69, 9.17) is 25.8 Å². The largest absolute Gasteiger partial charge is 0.497 e. The van der Waals surface area contributed by atoms with Crippen molar-refractivity contribution in [2.45, 2.75) is 20.3 Å². The molecule has 8 heteroatoms. The van der Waals surface area contributed by atoms with Gasteiger partial charge in [0.2, 0.25) is 5.91 Å². The molecule has 7 nitrogen and oxygen atoms in total. The van der Waals surface area contributed by atoms with Gasteiger partial charge in [0, 0.05) is 31.7 Å². The van der Waals surface area contributed by atoms with Crippen LogP contribution in [0.5, 0.6) is 17.2 Å². The second kappa shape index (κ2) is 11.3. The normalized spacial score (nSPS) is 13.8. The number of methoxy groups -OCH3 is 2. The smallest absolute Gasteiger partial charge is 0.254 e. The Morgan fingerprint density at radius 1 is 1.00 bits per heavy atom. The Morgan fingerprint density at radius 2 is 1.70 bits per heavy atom. The molecule has 0 unspecified atom stereocenters. The molecule has 2 amide bonds. The molecule has 0 bridgehead atoms. The molecular weight excluding hydrogens is 444 g/mol. The minimum atomic E-state index is -0.148. The molecule has 178 valence electrons. The van der Waals surface area contributed by atoms with E-state index in [1.54, 1.807) is 29.0 Å². The van der Waals surface area contributed by atoms with Crippen LogP contribution in [-0.2, 0) is 11.2 Å². The van der Waals surface area contributed by atoms with E-state index in [-0.39, 0.29) is 11.8 Å². The van der Waals surface area contributed by atoms with Gasteiger partial charge in [-0.15, -0.1) is 0 Å². The van der Waals surface area contributed by atoms with Gasteiger partial charge in [-0.25, -0.2) is 0 Å². The van der Waals surface area contributed by atoms with Crippen LogP contribution in [0.3, 0.4) is 0 Å². The number of piperazine rings is 1. The van der Waals surface area contributed by atoms with Gasteiger partial charge in [-0.3, -0.25) is 9.59 Å². The molecule has 0 atom stereocenters. The van der Waals surface area contributed by atoms with E-state index >= 15 is 0 Å². The summed E-state index contributed by atoms with van der Waals surface area (Å²) in [6, 6.07) is 10.8. The molecule has 1 fully saturated rings. The van der Waals surface area contributed by atoms with Gasteiger partial charge >= 0.3 is 0 Å². The van der Waals surface area contributed by atoms with Crippen molar-refractivity contribution in [1.29, 1.82) is 0 Å². The average Bonchev–Trinajstić information content (AvgIpc) is 2.82. The van der Waals surface area contributed by atoms with Gasteiger partial charge < -0.3 is 24.0 Å². The summed E-state index contributed by atoms with van der Waals surface area (Å²) in [7, 11) is 3.13. The molecule has 0 saturated carbocycles. The predicted octanol–water partition coefficient (Wildman–Crippen LogP) is 3.92. The van der Waals surface area contributed by atoms with Crippen LogP contribution in [0.25, 0.3) is 0 Å². The first-order valence-electron chi connectivity index (χ1n) is 11.0. The second-order valence-electron chi connectivity index (χ2n) is 8.40. The van der Waals surface area contributed by atoms with Gasteiger partial charge in [-0.2, -0.15) is 0 Å². The molecule has 0 radical (unpaired) electrons. The van der Waals surface area contributed by atoms with Crippen LogP contribution in [0.15, 0.2) is 36.4 Å². The summed E-state index contributed by atoms with van der Waals surface area (Å²) in [5.74, 6) is 1.81. The van der Waals surface area contributed by atoms with E-state index < -0.39 is 0 Å². The summed E-state index contributed by atoms with van der Waals surface area (Å²) >= 11 is 6.41. The lowest BCUT2D eigenvalue weighted by Gasteiger charge is -2.35. The van der Waals surface area contributed by atoms with Crippen molar-refractivity contribution < 1.29 is 23.8 Å². The zero-order valence-electron chi connectivity index (χ0n) is 19.6. The van der Waals surface area contributed by atoms with Crippen molar-refractivity contribution in [2.24, 2.45) is 5.92 Å².